The maximum Gasteiger partial charge on any atom is 1.00 e. The van der Waals surface area contributed by atoms with Crippen LogP contribution in [0.1, 0.15) is 47.1 Å². The standard InChI is InChI=1S/C12H13BrO4.K/c1-12(2,3)6-4-7(10(14)15)9(13)8(5-6)11(16)17;/h4-5H,1-3H3,(H,14,15)(H,16,17);/q;+1. The zero-order valence-corrected chi connectivity index (χ0v) is 15.5. The molecule has 4 nitrogen and oxygen atoms in total. The van der Waals surface area contributed by atoms with Crippen molar-refractivity contribution in [2.75, 3.05) is 0 Å². The first kappa shape index (κ1) is 18.3. The molecule has 0 aliphatic heterocycles. The predicted molar refractivity (Wildman–Crippen MR) is 66.8 cm³/mol. The van der Waals surface area contributed by atoms with Gasteiger partial charge in [0.25, 0.3) is 0 Å². The molecule has 0 radical (unpaired) electrons. The summed E-state index contributed by atoms with van der Waals surface area (Å²) >= 11 is 3.02. The molecular formula is C12H13BrKO4+. The van der Waals surface area contributed by atoms with E-state index in [0.29, 0.717) is 5.56 Å². The smallest absolute Gasteiger partial charge is 0.478 e. The van der Waals surface area contributed by atoms with Crippen molar-refractivity contribution < 1.29 is 71.2 Å². The summed E-state index contributed by atoms with van der Waals surface area (Å²) in [5.74, 6) is -2.30. The normalized spacial score (nSPS) is 10.7. The number of carboxylic acids is 2. The number of halogens is 1. The SMILES string of the molecule is CC(C)(C)c1cc(C(=O)O)c(Br)c(C(=O)O)c1.[K+]. The van der Waals surface area contributed by atoms with E-state index in [1.54, 1.807) is 0 Å². The van der Waals surface area contributed by atoms with Crippen LogP contribution in [0.5, 0.6) is 0 Å². The van der Waals surface area contributed by atoms with Crippen LogP contribution in [0.15, 0.2) is 16.6 Å². The zero-order valence-electron chi connectivity index (χ0n) is 10.7. The summed E-state index contributed by atoms with van der Waals surface area (Å²) in [6.07, 6.45) is 0. The van der Waals surface area contributed by atoms with Gasteiger partial charge in [0.1, 0.15) is 0 Å². The molecule has 2 N–H and O–H groups in total. The summed E-state index contributed by atoms with van der Waals surface area (Å²) < 4.78 is 0.102. The van der Waals surface area contributed by atoms with Crippen molar-refractivity contribution in [1.82, 2.24) is 0 Å². The van der Waals surface area contributed by atoms with Gasteiger partial charge in [-0.15, -0.1) is 0 Å². The number of carboxylic acid groups (broad SMARTS) is 2. The second kappa shape index (κ2) is 6.63. The van der Waals surface area contributed by atoms with E-state index in [2.05, 4.69) is 15.9 Å². The van der Waals surface area contributed by atoms with Crippen molar-refractivity contribution in [3.63, 3.8) is 0 Å². The fourth-order valence-corrected chi connectivity index (χ4v) is 1.94. The quantitative estimate of drug-likeness (QED) is 0.752. The largest absolute Gasteiger partial charge is 1.00 e. The Morgan fingerprint density at radius 2 is 1.39 bits per heavy atom. The maximum absolute atomic E-state index is 11.1. The van der Waals surface area contributed by atoms with Crippen LogP contribution in [0.4, 0.5) is 0 Å². The molecule has 0 saturated carbocycles. The second-order valence-electron chi connectivity index (χ2n) is 4.75. The van der Waals surface area contributed by atoms with Crippen LogP contribution in [-0.2, 0) is 5.41 Å². The molecule has 6 heteroatoms. The van der Waals surface area contributed by atoms with E-state index in [1.807, 2.05) is 20.8 Å². The summed E-state index contributed by atoms with van der Waals surface area (Å²) in [6.45, 7) is 5.69. The number of aromatic carboxylic acids is 2. The van der Waals surface area contributed by atoms with Gasteiger partial charge in [0.2, 0.25) is 0 Å². The van der Waals surface area contributed by atoms with E-state index in [9.17, 15) is 9.59 Å². The molecule has 0 fully saturated rings. The summed E-state index contributed by atoms with van der Waals surface area (Å²) in [4.78, 5) is 22.1. The minimum atomic E-state index is -1.15. The van der Waals surface area contributed by atoms with E-state index in [-0.39, 0.29) is 72.4 Å². The molecule has 0 unspecified atom stereocenters. The fraction of sp³-hybridized carbons (Fsp3) is 0.333. The molecule has 1 aromatic carbocycles. The van der Waals surface area contributed by atoms with Gasteiger partial charge in [-0.05, 0) is 39.0 Å². The van der Waals surface area contributed by atoms with Gasteiger partial charge in [-0.25, -0.2) is 9.59 Å². The van der Waals surface area contributed by atoms with E-state index < -0.39 is 11.9 Å². The Hall–Kier alpha value is 0.276. The first-order valence-electron chi connectivity index (χ1n) is 4.95. The molecule has 0 aromatic heterocycles. The summed E-state index contributed by atoms with van der Waals surface area (Å²) in [5.41, 5.74) is 0.301. The van der Waals surface area contributed by atoms with E-state index in [4.69, 9.17) is 10.2 Å². The third-order valence-electron chi connectivity index (χ3n) is 2.40. The Labute approximate surface area is 156 Å². The first-order chi connectivity index (χ1) is 7.64. The molecular weight excluding hydrogens is 327 g/mol. The average molecular weight is 340 g/mol. The van der Waals surface area contributed by atoms with Gasteiger partial charge in [-0.2, -0.15) is 0 Å². The predicted octanol–water partition coefficient (Wildman–Crippen LogP) is 0.147. The zero-order chi connectivity index (χ0) is 13.4. The van der Waals surface area contributed by atoms with Crippen LogP contribution in [0.25, 0.3) is 0 Å². The van der Waals surface area contributed by atoms with Crippen molar-refractivity contribution in [1.29, 1.82) is 0 Å². The van der Waals surface area contributed by atoms with Crippen LogP contribution in [0, 0.1) is 0 Å². The minimum Gasteiger partial charge on any atom is -0.478 e. The molecule has 0 amide bonds. The maximum atomic E-state index is 11.1. The number of benzene rings is 1. The average Bonchev–Trinajstić information content (AvgIpc) is 2.14. The van der Waals surface area contributed by atoms with Gasteiger partial charge in [0.05, 0.1) is 11.1 Å². The molecule has 0 saturated heterocycles. The molecule has 0 aliphatic rings. The number of carbonyl (C=O) groups is 2. The first-order valence-corrected chi connectivity index (χ1v) is 5.74. The van der Waals surface area contributed by atoms with Crippen molar-refractivity contribution in [3.8, 4) is 0 Å². The van der Waals surface area contributed by atoms with Crippen LogP contribution in [0.2, 0.25) is 0 Å². The van der Waals surface area contributed by atoms with E-state index in [0.717, 1.165) is 0 Å². The van der Waals surface area contributed by atoms with Crippen molar-refractivity contribution in [3.05, 3.63) is 33.3 Å². The number of rotatable bonds is 2. The van der Waals surface area contributed by atoms with Gasteiger partial charge in [-0.1, -0.05) is 20.8 Å². The Morgan fingerprint density at radius 3 is 1.61 bits per heavy atom. The molecule has 18 heavy (non-hydrogen) atoms. The Balaban J connectivity index is 0.00000289. The van der Waals surface area contributed by atoms with Crippen molar-refractivity contribution >= 4 is 27.9 Å². The summed E-state index contributed by atoms with van der Waals surface area (Å²) in [5, 5.41) is 18.1. The minimum absolute atomic E-state index is 0. The van der Waals surface area contributed by atoms with Gasteiger partial charge in [-0.3, -0.25) is 0 Å². The van der Waals surface area contributed by atoms with E-state index >= 15 is 0 Å². The Bertz CT molecular complexity index is 456. The molecule has 0 aliphatic carbocycles. The molecule has 1 rings (SSSR count). The van der Waals surface area contributed by atoms with E-state index in [1.165, 1.54) is 12.1 Å². The van der Waals surface area contributed by atoms with Gasteiger partial charge in [0, 0.05) is 4.47 Å². The second-order valence-corrected chi connectivity index (χ2v) is 5.54. The van der Waals surface area contributed by atoms with Gasteiger partial charge in [0.15, 0.2) is 0 Å². The molecule has 0 spiro atoms. The third kappa shape index (κ3) is 4.14. The van der Waals surface area contributed by atoms with Crippen LogP contribution >= 0.6 is 15.9 Å². The Morgan fingerprint density at radius 1 is 1.06 bits per heavy atom. The number of hydrogen-bond acceptors (Lipinski definition) is 2. The Kier molecular flexibility index (Phi) is 6.73. The number of hydrogen-bond donors (Lipinski definition) is 2. The van der Waals surface area contributed by atoms with Gasteiger partial charge >= 0.3 is 63.3 Å². The fourth-order valence-electron chi connectivity index (χ4n) is 1.37. The van der Waals surface area contributed by atoms with Crippen LogP contribution < -0.4 is 51.4 Å². The molecule has 1 aromatic rings. The summed E-state index contributed by atoms with van der Waals surface area (Å²) in [6, 6.07) is 3.00. The summed E-state index contributed by atoms with van der Waals surface area (Å²) in [7, 11) is 0. The van der Waals surface area contributed by atoms with Crippen LogP contribution in [-0.4, -0.2) is 22.2 Å². The van der Waals surface area contributed by atoms with Gasteiger partial charge < -0.3 is 10.2 Å². The molecule has 0 bridgehead atoms. The van der Waals surface area contributed by atoms with Crippen LogP contribution in [0.3, 0.4) is 0 Å². The van der Waals surface area contributed by atoms with Crippen molar-refractivity contribution in [2.45, 2.75) is 26.2 Å². The molecule has 0 atom stereocenters. The third-order valence-corrected chi connectivity index (χ3v) is 3.25. The molecule has 92 valence electrons. The van der Waals surface area contributed by atoms with Crippen molar-refractivity contribution in [2.24, 2.45) is 0 Å². The monoisotopic (exact) mass is 339 g/mol. The molecule has 0 heterocycles. The topological polar surface area (TPSA) is 74.6 Å².